The van der Waals surface area contributed by atoms with Crippen molar-refractivity contribution in [1.82, 2.24) is 10.2 Å². The van der Waals surface area contributed by atoms with Crippen LogP contribution in [0.3, 0.4) is 0 Å². The van der Waals surface area contributed by atoms with Crippen molar-refractivity contribution in [2.24, 2.45) is 0 Å². The van der Waals surface area contributed by atoms with Gasteiger partial charge in [0.15, 0.2) is 0 Å². The van der Waals surface area contributed by atoms with Gasteiger partial charge in [0, 0.05) is 0 Å². The van der Waals surface area contributed by atoms with Crippen LogP contribution in [0.2, 0.25) is 0 Å². The smallest absolute Gasteiger partial charge is 0.253 e. The van der Waals surface area contributed by atoms with Crippen molar-refractivity contribution in [1.29, 1.82) is 0 Å². The van der Waals surface area contributed by atoms with E-state index in [1.54, 1.807) is 12.1 Å². The maximum Gasteiger partial charge on any atom is 0.263 e. The quantitative estimate of drug-likeness (QED) is 0.843. The molecule has 0 aliphatic carbocycles. The standard InChI is InChI=1S/C14H19N3O2S2/c1-3-4-5-11(2)12-6-8-13(9-7-12)21(18,19)17-14-16-15-10-20-14/h6-11H,3-5H2,1-2H3,(H,16,17). The van der Waals surface area contributed by atoms with Gasteiger partial charge >= 0.3 is 0 Å². The molecule has 1 heterocycles. The summed E-state index contributed by atoms with van der Waals surface area (Å²) >= 11 is 1.15. The Hall–Kier alpha value is -1.47. The predicted octanol–water partition coefficient (Wildman–Crippen LogP) is 3.63. The molecule has 7 heteroatoms. The Morgan fingerprint density at radius 2 is 2.00 bits per heavy atom. The first-order chi connectivity index (χ1) is 10.0. The van der Waals surface area contributed by atoms with Crippen molar-refractivity contribution in [2.75, 3.05) is 4.72 Å². The van der Waals surface area contributed by atoms with Gasteiger partial charge < -0.3 is 0 Å². The van der Waals surface area contributed by atoms with Crippen LogP contribution in [0.1, 0.15) is 44.6 Å². The van der Waals surface area contributed by atoms with Crippen molar-refractivity contribution in [3.05, 3.63) is 35.3 Å². The molecule has 1 aromatic carbocycles. The van der Waals surface area contributed by atoms with Crippen LogP contribution < -0.4 is 4.72 Å². The molecular formula is C14H19N3O2S2. The second-order valence-electron chi connectivity index (χ2n) is 4.96. The summed E-state index contributed by atoms with van der Waals surface area (Å²) < 4.78 is 26.8. The molecule has 0 saturated heterocycles. The lowest BCUT2D eigenvalue weighted by atomic mass is 9.96. The van der Waals surface area contributed by atoms with Gasteiger partial charge in [-0.3, -0.25) is 4.72 Å². The van der Waals surface area contributed by atoms with Crippen LogP contribution in [0, 0.1) is 0 Å². The molecule has 0 bridgehead atoms. The number of unbranched alkanes of at least 4 members (excludes halogenated alkanes) is 1. The molecule has 0 spiro atoms. The highest BCUT2D eigenvalue weighted by molar-refractivity contribution is 7.93. The third-order valence-corrected chi connectivity index (χ3v) is 5.42. The number of benzene rings is 1. The zero-order valence-electron chi connectivity index (χ0n) is 12.1. The van der Waals surface area contributed by atoms with Crippen LogP contribution in [0.25, 0.3) is 0 Å². The topological polar surface area (TPSA) is 72.0 Å². The van der Waals surface area contributed by atoms with Crippen molar-refractivity contribution < 1.29 is 8.42 Å². The van der Waals surface area contributed by atoms with Crippen LogP contribution in [-0.4, -0.2) is 18.6 Å². The van der Waals surface area contributed by atoms with E-state index in [4.69, 9.17) is 0 Å². The fraction of sp³-hybridized carbons (Fsp3) is 0.429. The molecule has 2 aromatic rings. The van der Waals surface area contributed by atoms with Crippen molar-refractivity contribution in [2.45, 2.75) is 43.9 Å². The van der Waals surface area contributed by atoms with Crippen molar-refractivity contribution >= 4 is 26.5 Å². The molecular weight excluding hydrogens is 306 g/mol. The van der Waals surface area contributed by atoms with E-state index in [1.807, 2.05) is 12.1 Å². The van der Waals surface area contributed by atoms with Gasteiger partial charge in [0.2, 0.25) is 5.13 Å². The molecule has 1 aromatic heterocycles. The molecule has 0 saturated carbocycles. The van der Waals surface area contributed by atoms with Crippen LogP contribution in [-0.2, 0) is 10.0 Å². The Kier molecular flexibility index (Phi) is 5.30. The molecule has 5 nitrogen and oxygen atoms in total. The Balaban J connectivity index is 2.11. The number of aromatic nitrogens is 2. The molecule has 1 N–H and O–H groups in total. The summed E-state index contributed by atoms with van der Waals surface area (Å²) in [4.78, 5) is 0.240. The molecule has 0 amide bonds. The minimum Gasteiger partial charge on any atom is -0.253 e. The highest BCUT2D eigenvalue weighted by Gasteiger charge is 2.16. The van der Waals surface area contributed by atoms with Gasteiger partial charge in [-0.05, 0) is 30.0 Å². The molecule has 1 unspecified atom stereocenters. The number of sulfonamides is 1. The summed E-state index contributed by atoms with van der Waals surface area (Å²) in [6, 6.07) is 7.05. The van der Waals surface area contributed by atoms with Gasteiger partial charge in [-0.1, -0.05) is 50.2 Å². The Morgan fingerprint density at radius 1 is 1.29 bits per heavy atom. The fourth-order valence-electron chi connectivity index (χ4n) is 2.04. The van der Waals surface area contributed by atoms with E-state index >= 15 is 0 Å². The zero-order chi connectivity index (χ0) is 15.3. The lowest BCUT2D eigenvalue weighted by molar-refractivity contribution is 0.600. The summed E-state index contributed by atoms with van der Waals surface area (Å²) in [6.45, 7) is 4.33. The number of hydrogen-bond acceptors (Lipinski definition) is 5. The lowest BCUT2D eigenvalue weighted by Crippen LogP contribution is -2.12. The van der Waals surface area contributed by atoms with Gasteiger partial charge in [0.25, 0.3) is 10.0 Å². The third kappa shape index (κ3) is 4.25. The van der Waals surface area contributed by atoms with Crippen molar-refractivity contribution in [3.63, 3.8) is 0 Å². The van der Waals surface area contributed by atoms with E-state index in [0.29, 0.717) is 5.92 Å². The highest BCUT2D eigenvalue weighted by atomic mass is 32.2. The van der Waals surface area contributed by atoms with Gasteiger partial charge in [0.05, 0.1) is 4.90 Å². The van der Waals surface area contributed by atoms with Gasteiger partial charge in [0.1, 0.15) is 5.51 Å². The summed E-state index contributed by atoms with van der Waals surface area (Å²) in [5.74, 6) is 0.442. The average Bonchev–Trinajstić information content (AvgIpc) is 2.97. The molecule has 1 atom stereocenters. The summed E-state index contributed by atoms with van der Waals surface area (Å²) in [5.41, 5.74) is 2.65. The third-order valence-electron chi connectivity index (χ3n) is 3.33. The van der Waals surface area contributed by atoms with E-state index in [2.05, 4.69) is 28.8 Å². The van der Waals surface area contributed by atoms with Crippen LogP contribution in [0.15, 0.2) is 34.7 Å². The number of hydrogen-bond donors (Lipinski definition) is 1. The predicted molar refractivity (Wildman–Crippen MR) is 85.1 cm³/mol. The second-order valence-corrected chi connectivity index (χ2v) is 7.48. The largest absolute Gasteiger partial charge is 0.263 e. The first kappa shape index (κ1) is 15.9. The monoisotopic (exact) mass is 325 g/mol. The summed E-state index contributed by atoms with van der Waals surface area (Å²) in [6.07, 6.45) is 3.47. The number of anilines is 1. The van der Waals surface area contributed by atoms with E-state index in [9.17, 15) is 8.42 Å². The van der Waals surface area contributed by atoms with Crippen molar-refractivity contribution in [3.8, 4) is 0 Å². The second kappa shape index (κ2) is 7.00. The minimum absolute atomic E-state index is 0.240. The number of nitrogens with zero attached hydrogens (tertiary/aromatic N) is 2. The maximum atomic E-state index is 12.2. The molecule has 114 valence electrons. The van der Waals surface area contributed by atoms with Gasteiger partial charge in [-0.25, -0.2) is 8.42 Å². The van der Waals surface area contributed by atoms with Gasteiger partial charge in [-0.15, -0.1) is 10.2 Å². The Morgan fingerprint density at radius 3 is 2.57 bits per heavy atom. The van der Waals surface area contributed by atoms with E-state index in [-0.39, 0.29) is 10.0 Å². The Bertz CT molecular complexity index is 652. The first-order valence-corrected chi connectivity index (χ1v) is 9.28. The van der Waals surface area contributed by atoms with E-state index < -0.39 is 10.0 Å². The molecule has 0 fully saturated rings. The van der Waals surface area contributed by atoms with Crippen LogP contribution in [0.5, 0.6) is 0 Å². The van der Waals surface area contributed by atoms with Crippen LogP contribution >= 0.6 is 11.3 Å². The first-order valence-electron chi connectivity index (χ1n) is 6.92. The maximum absolute atomic E-state index is 12.2. The average molecular weight is 325 g/mol. The molecule has 0 aliphatic rings. The molecule has 0 aliphatic heterocycles. The fourth-order valence-corrected chi connectivity index (χ4v) is 3.74. The van der Waals surface area contributed by atoms with Crippen LogP contribution in [0.4, 0.5) is 5.13 Å². The van der Waals surface area contributed by atoms with Gasteiger partial charge in [-0.2, -0.15) is 0 Å². The molecule has 2 rings (SSSR count). The lowest BCUT2D eigenvalue weighted by Gasteiger charge is -2.12. The summed E-state index contributed by atoms with van der Waals surface area (Å²) in [5, 5.41) is 7.57. The SMILES string of the molecule is CCCCC(C)c1ccc(S(=O)(=O)Nc2nncs2)cc1. The minimum atomic E-state index is -3.58. The number of nitrogens with one attached hydrogen (secondary N) is 1. The normalized spacial score (nSPS) is 13.0. The van der Waals surface area contributed by atoms with E-state index in [1.165, 1.54) is 23.9 Å². The zero-order valence-corrected chi connectivity index (χ0v) is 13.7. The molecule has 0 radical (unpaired) electrons. The number of rotatable bonds is 7. The van der Waals surface area contributed by atoms with E-state index in [0.717, 1.165) is 17.8 Å². The Labute approximate surface area is 129 Å². The highest BCUT2D eigenvalue weighted by Crippen LogP contribution is 2.23. The summed E-state index contributed by atoms with van der Waals surface area (Å²) in [7, 11) is -3.58. The molecule has 21 heavy (non-hydrogen) atoms.